The molecule has 9 heterocycles. The number of fused-ring (bicyclic) bond motifs is 4. The van der Waals surface area contributed by atoms with Crippen molar-refractivity contribution in [2.45, 2.75) is 138 Å². The number of ether oxygens (including phenoxy) is 2. The Bertz CT molecular complexity index is 6090. The van der Waals surface area contributed by atoms with Gasteiger partial charge in [0.15, 0.2) is 0 Å². The first-order valence-electron chi connectivity index (χ1n) is 46.2. The van der Waals surface area contributed by atoms with Gasteiger partial charge in [0.2, 0.25) is 29.5 Å². The van der Waals surface area contributed by atoms with Gasteiger partial charge in [0.25, 0.3) is 5.91 Å². The molecule has 25 heteroatoms. The van der Waals surface area contributed by atoms with Crippen LogP contribution in [0.1, 0.15) is 110 Å². The number of anilines is 1. The van der Waals surface area contributed by atoms with Crippen LogP contribution in [0.15, 0.2) is 267 Å². The molecule has 134 heavy (non-hydrogen) atoms. The fraction of sp³-hybridized carbons (Fsp3) is 0.330. The van der Waals surface area contributed by atoms with Crippen LogP contribution >= 0.6 is 0 Å². The number of carbonyl (C=O) groups excluding carboxylic acids is 8. The van der Waals surface area contributed by atoms with Crippen molar-refractivity contribution in [2.24, 2.45) is 0 Å². The Morgan fingerprint density at radius 3 is 1.13 bits per heavy atom. The lowest BCUT2D eigenvalue weighted by Gasteiger charge is -2.59. The normalized spacial score (nSPS) is 22.6. The lowest BCUT2D eigenvalue weighted by molar-refractivity contribution is -0.167. The van der Waals surface area contributed by atoms with E-state index in [9.17, 15) is 57.4 Å². The molecule has 9 aliphatic rings. The Morgan fingerprint density at radius 2 is 0.754 bits per heavy atom. The number of methoxy groups -OCH3 is 2. The summed E-state index contributed by atoms with van der Waals surface area (Å²) in [5.41, 5.74) is 20.1. The highest BCUT2D eigenvalue weighted by atomic mass is 19.1. The largest absolute Gasteiger partial charge is 0.394 e. The van der Waals surface area contributed by atoms with E-state index in [1.807, 2.05) is 82.6 Å². The predicted molar refractivity (Wildman–Crippen MR) is 509 cm³/mol. The maximum absolute atomic E-state index is 13.5. The maximum Gasteiger partial charge on any atom is 0.322 e. The smallest absolute Gasteiger partial charge is 0.322 e. The number of halogens is 2. The molecule has 1 aliphatic carbocycles. The fourth-order valence-electron chi connectivity index (χ4n) is 21.7. The second-order valence-corrected chi connectivity index (χ2v) is 36.5. The van der Waals surface area contributed by atoms with Crippen LogP contribution in [0, 0.1) is 39.3 Å². The van der Waals surface area contributed by atoms with Gasteiger partial charge in [-0.3, -0.25) is 33.8 Å². The molecular weight excluding hydrogens is 1690 g/mol. The Kier molecular flexibility index (Phi) is 28.1. The third-order valence-electron chi connectivity index (χ3n) is 28.4. The highest BCUT2D eigenvalue weighted by Gasteiger charge is 2.59. The Morgan fingerprint density at radius 1 is 0.396 bits per heavy atom. The molecule has 0 radical (unpaired) electrons. The van der Waals surface area contributed by atoms with Crippen molar-refractivity contribution >= 4 is 53.2 Å². The monoisotopic (exact) mass is 1810 g/mol. The number of urea groups is 2. The van der Waals surface area contributed by atoms with Gasteiger partial charge in [-0.2, -0.15) is 0 Å². The van der Waals surface area contributed by atoms with Crippen LogP contribution < -0.4 is 10.6 Å². The van der Waals surface area contributed by atoms with E-state index in [-0.39, 0.29) is 165 Å². The lowest BCUT2D eigenvalue weighted by Crippen LogP contribution is -2.74. The second kappa shape index (κ2) is 40.9. The third kappa shape index (κ3) is 19.2. The molecule has 10 amide bonds. The van der Waals surface area contributed by atoms with Gasteiger partial charge in [-0.15, -0.1) is 0 Å². The molecule has 1 aromatic heterocycles. The number of aryl methyl sites for hydroxylation is 4. The first-order valence-corrected chi connectivity index (χ1v) is 46.2. The number of nitrogens with one attached hydrogen (secondary N) is 2. The minimum absolute atomic E-state index is 0.0135. The van der Waals surface area contributed by atoms with Crippen molar-refractivity contribution in [1.29, 1.82) is 0 Å². The molecular formula is C109H113F2N11O12. The van der Waals surface area contributed by atoms with E-state index in [0.717, 1.165) is 70.3 Å². The Labute approximate surface area is 780 Å². The Hall–Kier alpha value is -13.6. The number of benzene rings is 10. The van der Waals surface area contributed by atoms with E-state index in [1.165, 1.54) is 97.4 Å². The van der Waals surface area contributed by atoms with Gasteiger partial charge in [-0.05, 0) is 184 Å². The first kappa shape index (κ1) is 92.3. The zero-order valence-electron chi connectivity index (χ0n) is 76.2. The first-order chi connectivity index (χ1) is 65.1. The van der Waals surface area contributed by atoms with E-state index in [1.54, 1.807) is 51.0 Å². The highest BCUT2D eigenvalue weighted by molar-refractivity contribution is 5.98. The SMILES string of the molecule is COC[C@H]1[C@H](c2ccc(-c3ccccc3C)cc2)[C@@H]2CN(C(=O)Cc3ccccn3)CC(=O)N12.COC[C@H]1[C@H](c2ccc(-c3ccccc3C)cc2)[C@@H]2CN(C(=O)c3ccc(F)cc3)CC(=O)N12.Cc1ccccc1-c1ccc([C@@H]2[C@H](CO)N3C(=O)CN(C(=O)NC4CCCC4)C[C@@H]23)cc1.Cc1ccccc1-c1ccc([C@H]2[C@H](CO)N3C(=O)CN(C(=O)Nc4cccc(F)c4)C[C@@H]23)cc1. The van der Waals surface area contributed by atoms with Crippen LogP contribution in [0.25, 0.3) is 44.5 Å². The minimum atomic E-state index is -0.447. The van der Waals surface area contributed by atoms with Gasteiger partial charge in [0.05, 0.1) is 87.7 Å². The van der Waals surface area contributed by atoms with Gasteiger partial charge in [0, 0.05) is 93.3 Å². The molecule has 8 saturated heterocycles. The van der Waals surface area contributed by atoms with Crippen molar-refractivity contribution in [3.05, 3.63) is 334 Å². The number of rotatable bonds is 19. The van der Waals surface area contributed by atoms with E-state index in [2.05, 4.69) is 183 Å². The van der Waals surface area contributed by atoms with E-state index < -0.39 is 17.7 Å². The van der Waals surface area contributed by atoms with Crippen LogP contribution in [-0.2, 0) is 39.9 Å². The highest BCUT2D eigenvalue weighted by Crippen LogP contribution is 2.49. The van der Waals surface area contributed by atoms with Crippen LogP contribution in [0.3, 0.4) is 0 Å². The molecule has 10 aromatic carbocycles. The molecule has 23 nitrogen and oxygen atoms in total. The van der Waals surface area contributed by atoms with Crippen molar-refractivity contribution in [2.75, 3.05) is 98.3 Å². The summed E-state index contributed by atoms with van der Waals surface area (Å²) in [6.07, 6.45) is 6.23. The average Bonchev–Trinajstić information content (AvgIpc) is 0.860. The van der Waals surface area contributed by atoms with Gasteiger partial charge in [-0.1, -0.05) is 219 Å². The fourth-order valence-corrected chi connectivity index (χ4v) is 21.7. The molecule has 0 unspecified atom stereocenters. The summed E-state index contributed by atoms with van der Waals surface area (Å²) in [6, 6.07) is 82.1. The summed E-state index contributed by atoms with van der Waals surface area (Å²) in [5.74, 6) is -1.38. The van der Waals surface area contributed by atoms with Crippen molar-refractivity contribution in [3.8, 4) is 44.5 Å². The number of aliphatic hydroxyl groups is 2. The topological polar surface area (TPSA) is 258 Å². The maximum atomic E-state index is 13.5. The molecule has 1 saturated carbocycles. The standard InChI is InChI=1S/C28H27FN2O3.C28H29N3O3.C27H26FN3O3.C26H31N3O3/c1-18-5-3-4-6-23(18)19-7-9-20(10-8-19)27-24-15-30(16-26(32)31(24)25(27)17-34-2)28(33)21-11-13-22(29)14-12-21;1-19-7-3-4-9-23(19)20-10-12-21(13-11-20)28-24-16-30(17-27(33)31(24)25(28)18-34-2)26(32)15-22-8-5-6-14-29-22;1-17-5-2-3-8-22(17)18-9-11-19(12-10-18)26-23-14-30(15-25(33)31(23)24(26)16-32)27(34)29-21-7-4-6-20(28)13-21;1-17-6-2-5-9-21(17)18-10-12-19(13-11-18)25-22-14-28(15-24(31)29(22)23(25)16-30)26(32)27-20-7-3-4-8-20/h3-14,24-25,27H,15-17H2,1-2H3;3-14,24-25,28H,15-18H2,1-2H3;2-13,23-24,26,32H,14-16H2,1H3,(H,29,34);2,5-6,9-13,20,22-23,25,30H,3-4,7-8,14-16H2,1H3,(H,27,32)/t24-,25-,27+;24-,25-,28+;23-,24-,26+;22-,23-,25-/m0000/s1. The van der Waals surface area contributed by atoms with Gasteiger partial charge in [-0.25, -0.2) is 18.4 Å². The quantitative estimate of drug-likeness (QED) is 0.0588. The molecule has 690 valence electrons. The molecule has 0 bridgehead atoms. The Balaban J connectivity index is 0.000000124. The molecule has 0 spiro atoms. The lowest BCUT2D eigenvalue weighted by atomic mass is 9.73. The van der Waals surface area contributed by atoms with E-state index >= 15 is 0 Å². The molecule has 8 aliphatic heterocycles. The number of amides is 10. The van der Waals surface area contributed by atoms with E-state index in [0.29, 0.717) is 50.6 Å². The van der Waals surface area contributed by atoms with Crippen molar-refractivity contribution < 1.29 is 66.8 Å². The number of piperazine rings is 4. The number of nitrogens with zero attached hydrogens (tertiary/aromatic N) is 9. The summed E-state index contributed by atoms with van der Waals surface area (Å²) >= 11 is 0. The van der Waals surface area contributed by atoms with Crippen LogP contribution in [0.2, 0.25) is 0 Å². The van der Waals surface area contributed by atoms with Crippen LogP contribution in [0.5, 0.6) is 0 Å². The molecule has 9 fully saturated rings. The molecule has 20 rings (SSSR count). The average molecular weight is 1810 g/mol. The minimum Gasteiger partial charge on any atom is -0.394 e. The second-order valence-electron chi connectivity index (χ2n) is 36.5. The zero-order chi connectivity index (χ0) is 93.5. The predicted octanol–water partition coefficient (Wildman–Crippen LogP) is 15.0. The van der Waals surface area contributed by atoms with Crippen molar-refractivity contribution in [1.82, 2.24) is 49.5 Å². The summed E-state index contributed by atoms with van der Waals surface area (Å²) in [6.45, 7) is 11.1. The van der Waals surface area contributed by atoms with Gasteiger partial charge in [0.1, 0.15) is 31.3 Å². The van der Waals surface area contributed by atoms with Gasteiger partial charge < -0.3 is 69.5 Å². The third-order valence-corrected chi connectivity index (χ3v) is 28.4. The van der Waals surface area contributed by atoms with E-state index in [4.69, 9.17) is 9.47 Å². The van der Waals surface area contributed by atoms with Crippen LogP contribution in [0.4, 0.5) is 24.1 Å². The summed E-state index contributed by atoms with van der Waals surface area (Å²) in [7, 11) is 3.31. The number of hydrogen-bond donors (Lipinski definition) is 4. The van der Waals surface area contributed by atoms with Gasteiger partial charge >= 0.3 is 12.1 Å². The zero-order valence-corrected chi connectivity index (χ0v) is 76.2. The molecule has 4 N–H and O–H groups in total. The number of pyridine rings is 1. The summed E-state index contributed by atoms with van der Waals surface area (Å²) < 4.78 is 37.7. The number of aromatic nitrogens is 1. The summed E-state index contributed by atoms with van der Waals surface area (Å²) in [5, 5.41) is 25.8. The van der Waals surface area contributed by atoms with Crippen molar-refractivity contribution in [3.63, 3.8) is 0 Å². The molecule has 12 atom stereocenters. The number of aliphatic hydroxyl groups excluding tert-OH is 2. The van der Waals surface area contributed by atoms with Crippen LogP contribution in [-0.4, -0.2) is 249 Å². The molecule has 11 aromatic rings. The number of hydrogen-bond acceptors (Lipinski definition) is 13. The summed E-state index contributed by atoms with van der Waals surface area (Å²) in [4.78, 5) is 121. The number of carbonyl (C=O) groups is 8.